The molecule has 1 aromatic rings. The monoisotopic (exact) mass is 239 g/mol. The van der Waals surface area contributed by atoms with Gasteiger partial charge in [-0.05, 0) is 32.2 Å². The van der Waals surface area contributed by atoms with Crippen molar-refractivity contribution in [1.82, 2.24) is 4.98 Å². The van der Waals surface area contributed by atoms with Crippen molar-refractivity contribution in [3.05, 3.63) is 18.2 Å². The van der Waals surface area contributed by atoms with Crippen LogP contribution in [0.5, 0.6) is 0 Å². The Balaban J connectivity index is 2.74. The quantitative estimate of drug-likeness (QED) is 0.826. The lowest BCUT2D eigenvalue weighted by molar-refractivity contribution is 0.754. The largest absolute Gasteiger partial charge is 0.370 e. The van der Waals surface area contributed by atoms with Crippen LogP contribution in [0.1, 0.15) is 13.8 Å². The Hall–Kier alpha value is -0.900. The van der Waals surface area contributed by atoms with Crippen LogP contribution in [0.15, 0.2) is 18.2 Å². The fraction of sp³-hybridized carbons (Fsp3) is 0.583. The normalized spacial score (nSPS) is 12.2. The minimum absolute atomic E-state index is 0.499. The lowest BCUT2D eigenvalue weighted by Gasteiger charge is -2.25. The van der Waals surface area contributed by atoms with E-state index in [2.05, 4.69) is 48.4 Å². The van der Waals surface area contributed by atoms with Crippen LogP contribution in [0, 0.1) is 0 Å². The summed E-state index contributed by atoms with van der Waals surface area (Å²) in [5.41, 5.74) is 0. The molecule has 1 heterocycles. The molecule has 0 fully saturated rings. The van der Waals surface area contributed by atoms with Crippen LogP contribution in [0.2, 0.25) is 0 Å². The lowest BCUT2D eigenvalue weighted by atomic mass is 10.3. The Kier molecular flexibility index (Phi) is 5.46. The van der Waals surface area contributed by atoms with E-state index < -0.39 is 0 Å². The summed E-state index contributed by atoms with van der Waals surface area (Å²) in [4.78, 5) is 6.79. The van der Waals surface area contributed by atoms with Crippen molar-refractivity contribution in [2.24, 2.45) is 0 Å². The fourth-order valence-corrected chi connectivity index (χ4v) is 2.18. The predicted molar refractivity (Wildman–Crippen MR) is 74.6 cm³/mol. The number of hydrogen-bond acceptors (Lipinski definition) is 4. The molecule has 1 aromatic heterocycles. The maximum atomic E-state index is 4.57. The average Bonchev–Trinajstić information content (AvgIpc) is 2.29. The van der Waals surface area contributed by atoms with Crippen molar-refractivity contribution in [2.75, 3.05) is 35.8 Å². The van der Waals surface area contributed by atoms with Gasteiger partial charge in [0, 0.05) is 25.4 Å². The van der Waals surface area contributed by atoms with Crippen molar-refractivity contribution in [3.8, 4) is 0 Å². The van der Waals surface area contributed by atoms with E-state index in [1.807, 2.05) is 23.9 Å². The molecular weight excluding hydrogens is 218 g/mol. The summed E-state index contributed by atoms with van der Waals surface area (Å²) in [6, 6.07) is 6.60. The zero-order valence-corrected chi connectivity index (χ0v) is 11.3. The molecule has 0 aromatic carbocycles. The average molecular weight is 239 g/mol. The highest BCUT2D eigenvalue weighted by molar-refractivity contribution is 7.98. The third-order valence-electron chi connectivity index (χ3n) is 2.52. The Labute approximate surface area is 103 Å². The summed E-state index contributed by atoms with van der Waals surface area (Å²) in [6.07, 6.45) is 2.13. The van der Waals surface area contributed by atoms with Gasteiger partial charge in [-0.2, -0.15) is 11.8 Å². The van der Waals surface area contributed by atoms with Gasteiger partial charge in [0.25, 0.3) is 0 Å². The number of rotatable bonds is 6. The number of pyridine rings is 1. The zero-order valence-electron chi connectivity index (χ0n) is 10.5. The Morgan fingerprint density at radius 3 is 2.88 bits per heavy atom. The van der Waals surface area contributed by atoms with Crippen LogP contribution in [0.3, 0.4) is 0 Å². The minimum Gasteiger partial charge on any atom is -0.370 e. The van der Waals surface area contributed by atoms with Crippen LogP contribution >= 0.6 is 11.8 Å². The summed E-state index contributed by atoms with van der Waals surface area (Å²) in [5.74, 6) is 3.09. The number of aromatic nitrogens is 1. The van der Waals surface area contributed by atoms with Crippen LogP contribution in [-0.4, -0.2) is 36.6 Å². The molecule has 0 saturated heterocycles. The molecule has 1 rings (SSSR count). The van der Waals surface area contributed by atoms with Gasteiger partial charge < -0.3 is 10.2 Å². The second-order valence-corrected chi connectivity index (χ2v) is 4.74. The molecule has 0 radical (unpaired) electrons. The van der Waals surface area contributed by atoms with Gasteiger partial charge in [0.2, 0.25) is 0 Å². The molecule has 1 unspecified atom stereocenters. The SMILES string of the molecule is CCNc1cccc(N(C)C(C)CSC)n1. The molecule has 0 aliphatic rings. The van der Waals surface area contributed by atoms with E-state index in [1.165, 1.54) is 0 Å². The van der Waals surface area contributed by atoms with E-state index in [0.717, 1.165) is 23.9 Å². The first-order chi connectivity index (χ1) is 7.69. The van der Waals surface area contributed by atoms with Gasteiger partial charge in [-0.25, -0.2) is 4.98 Å². The van der Waals surface area contributed by atoms with Gasteiger partial charge in [0.1, 0.15) is 11.6 Å². The minimum atomic E-state index is 0.499. The molecule has 3 nitrogen and oxygen atoms in total. The Morgan fingerprint density at radius 2 is 2.25 bits per heavy atom. The van der Waals surface area contributed by atoms with E-state index in [4.69, 9.17) is 0 Å². The molecule has 0 saturated carbocycles. The molecule has 1 N–H and O–H groups in total. The predicted octanol–water partition coefficient (Wildman–Crippen LogP) is 2.70. The van der Waals surface area contributed by atoms with Crippen molar-refractivity contribution in [1.29, 1.82) is 0 Å². The van der Waals surface area contributed by atoms with Crippen LogP contribution < -0.4 is 10.2 Å². The molecule has 16 heavy (non-hydrogen) atoms. The molecule has 0 spiro atoms. The van der Waals surface area contributed by atoms with Gasteiger partial charge in [0.05, 0.1) is 0 Å². The first kappa shape index (κ1) is 13.2. The summed E-state index contributed by atoms with van der Waals surface area (Å²) < 4.78 is 0. The fourth-order valence-electron chi connectivity index (χ4n) is 1.48. The maximum Gasteiger partial charge on any atom is 0.130 e. The first-order valence-corrected chi connectivity index (χ1v) is 7.01. The number of hydrogen-bond donors (Lipinski definition) is 1. The van der Waals surface area contributed by atoms with Gasteiger partial charge in [-0.15, -0.1) is 0 Å². The standard InChI is InChI=1S/C12H21N3S/c1-5-13-11-7-6-8-12(14-11)15(3)10(2)9-16-4/h6-8,10H,5,9H2,1-4H3,(H,13,14). The second-order valence-electron chi connectivity index (χ2n) is 3.83. The molecule has 4 heteroatoms. The maximum absolute atomic E-state index is 4.57. The summed E-state index contributed by atoms with van der Waals surface area (Å²) in [7, 11) is 2.10. The van der Waals surface area contributed by atoms with E-state index in [-0.39, 0.29) is 0 Å². The van der Waals surface area contributed by atoms with Gasteiger partial charge >= 0.3 is 0 Å². The summed E-state index contributed by atoms with van der Waals surface area (Å²) in [6.45, 7) is 5.20. The lowest BCUT2D eigenvalue weighted by Crippen LogP contribution is -2.31. The summed E-state index contributed by atoms with van der Waals surface area (Å²) >= 11 is 1.86. The van der Waals surface area contributed by atoms with Gasteiger partial charge in [-0.1, -0.05) is 6.07 Å². The molecule has 0 aliphatic heterocycles. The van der Waals surface area contributed by atoms with Gasteiger partial charge in [-0.3, -0.25) is 0 Å². The van der Waals surface area contributed by atoms with Crippen molar-refractivity contribution in [2.45, 2.75) is 19.9 Å². The zero-order chi connectivity index (χ0) is 12.0. The van der Waals surface area contributed by atoms with E-state index in [1.54, 1.807) is 0 Å². The topological polar surface area (TPSA) is 28.2 Å². The molecule has 0 aliphatic carbocycles. The van der Waals surface area contributed by atoms with E-state index >= 15 is 0 Å². The van der Waals surface area contributed by atoms with Crippen molar-refractivity contribution in [3.63, 3.8) is 0 Å². The van der Waals surface area contributed by atoms with Crippen LogP contribution in [0.25, 0.3) is 0 Å². The second kappa shape index (κ2) is 6.63. The number of nitrogens with zero attached hydrogens (tertiary/aromatic N) is 2. The molecule has 0 amide bonds. The number of nitrogens with one attached hydrogen (secondary N) is 1. The molecule has 1 atom stereocenters. The van der Waals surface area contributed by atoms with Gasteiger partial charge in [0.15, 0.2) is 0 Å². The van der Waals surface area contributed by atoms with E-state index in [9.17, 15) is 0 Å². The highest BCUT2D eigenvalue weighted by Gasteiger charge is 2.10. The third kappa shape index (κ3) is 3.59. The third-order valence-corrected chi connectivity index (χ3v) is 3.34. The molecule has 90 valence electrons. The van der Waals surface area contributed by atoms with Crippen LogP contribution in [-0.2, 0) is 0 Å². The Morgan fingerprint density at radius 1 is 1.50 bits per heavy atom. The number of anilines is 2. The molecular formula is C12H21N3S. The summed E-state index contributed by atoms with van der Waals surface area (Å²) in [5, 5.41) is 3.23. The first-order valence-electron chi connectivity index (χ1n) is 5.61. The van der Waals surface area contributed by atoms with Crippen LogP contribution in [0.4, 0.5) is 11.6 Å². The smallest absolute Gasteiger partial charge is 0.130 e. The highest BCUT2D eigenvalue weighted by atomic mass is 32.2. The van der Waals surface area contributed by atoms with Crippen molar-refractivity contribution >= 4 is 23.4 Å². The van der Waals surface area contributed by atoms with Crippen molar-refractivity contribution < 1.29 is 0 Å². The number of thioether (sulfide) groups is 1. The Bertz CT molecular complexity index is 317. The highest BCUT2D eigenvalue weighted by Crippen LogP contribution is 2.16. The molecule has 0 bridgehead atoms. The van der Waals surface area contributed by atoms with E-state index in [0.29, 0.717) is 6.04 Å².